The molecule has 2 aliphatic heterocycles. The van der Waals surface area contributed by atoms with Gasteiger partial charge in [0.2, 0.25) is 10.0 Å². The Bertz CT molecular complexity index is 1060. The second kappa shape index (κ2) is 9.56. The lowest BCUT2D eigenvalue weighted by Crippen LogP contribution is -2.32. The van der Waals surface area contributed by atoms with E-state index < -0.39 is 16.0 Å². The van der Waals surface area contributed by atoms with Crippen LogP contribution in [0.5, 0.6) is 5.75 Å². The van der Waals surface area contributed by atoms with Crippen LogP contribution in [0.15, 0.2) is 41.3 Å². The first-order chi connectivity index (χ1) is 14.9. The molecule has 0 radical (unpaired) electrons. The lowest BCUT2D eigenvalue weighted by atomic mass is 10.1. The number of halogens is 1. The standard InChI is InChI=1S/C22H24ClNO6S/c23-19-10-17-13-28-15-30-21(17)18(11-19)14-29-22(25)16-6-5-7-20(12-16)31(26,27)24-8-3-1-2-4-9-24/h5-7,10-12H,1-4,8-9,13-15H2. The first kappa shape index (κ1) is 22.1. The molecule has 4 rings (SSSR count). The molecule has 0 spiro atoms. The fourth-order valence-corrected chi connectivity index (χ4v) is 5.63. The van der Waals surface area contributed by atoms with Crippen LogP contribution in [0.3, 0.4) is 0 Å². The van der Waals surface area contributed by atoms with Gasteiger partial charge in [-0.05, 0) is 43.2 Å². The molecule has 31 heavy (non-hydrogen) atoms. The molecule has 0 unspecified atom stereocenters. The van der Waals surface area contributed by atoms with E-state index in [-0.39, 0.29) is 23.9 Å². The van der Waals surface area contributed by atoms with Crippen molar-refractivity contribution in [1.82, 2.24) is 4.31 Å². The van der Waals surface area contributed by atoms with Gasteiger partial charge in [-0.15, -0.1) is 0 Å². The maximum atomic E-state index is 13.0. The number of hydrogen-bond donors (Lipinski definition) is 0. The van der Waals surface area contributed by atoms with Crippen molar-refractivity contribution in [3.63, 3.8) is 0 Å². The highest BCUT2D eigenvalue weighted by Crippen LogP contribution is 2.32. The number of ether oxygens (including phenoxy) is 3. The smallest absolute Gasteiger partial charge is 0.338 e. The maximum absolute atomic E-state index is 13.0. The molecule has 0 bridgehead atoms. The van der Waals surface area contributed by atoms with Gasteiger partial charge in [0.25, 0.3) is 0 Å². The minimum atomic E-state index is -3.65. The second-order valence-electron chi connectivity index (χ2n) is 7.59. The number of sulfonamides is 1. The summed E-state index contributed by atoms with van der Waals surface area (Å²) in [5.41, 5.74) is 1.60. The van der Waals surface area contributed by atoms with E-state index in [0.717, 1.165) is 31.2 Å². The predicted molar refractivity (Wildman–Crippen MR) is 115 cm³/mol. The number of esters is 1. The SMILES string of the molecule is O=C(OCc1cc(Cl)cc2c1OCOC2)c1cccc(S(=O)(=O)N2CCCCCC2)c1. The van der Waals surface area contributed by atoms with E-state index in [0.29, 0.717) is 36.0 Å². The highest BCUT2D eigenvalue weighted by Gasteiger charge is 2.26. The van der Waals surface area contributed by atoms with Gasteiger partial charge in [-0.2, -0.15) is 4.31 Å². The van der Waals surface area contributed by atoms with E-state index in [2.05, 4.69) is 0 Å². The fraction of sp³-hybridized carbons (Fsp3) is 0.409. The Hall–Kier alpha value is -2.13. The summed E-state index contributed by atoms with van der Waals surface area (Å²) in [6.07, 6.45) is 3.75. The molecule has 0 saturated carbocycles. The number of nitrogens with zero attached hydrogens (tertiary/aromatic N) is 1. The minimum absolute atomic E-state index is 0.0508. The van der Waals surface area contributed by atoms with E-state index in [1.165, 1.54) is 16.4 Å². The summed E-state index contributed by atoms with van der Waals surface area (Å²) in [4.78, 5) is 12.8. The Morgan fingerprint density at radius 2 is 1.87 bits per heavy atom. The molecule has 166 valence electrons. The molecule has 0 amide bonds. The molecular weight excluding hydrogens is 442 g/mol. The number of hydrogen-bond acceptors (Lipinski definition) is 6. The highest BCUT2D eigenvalue weighted by molar-refractivity contribution is 7.89. The lowest BCUT2D eigenvalue weighted by Gasteiger charge is -2.21. The van der Waals surface area contributed by atoms with E-state index in [1.54, 1.807) is 24.3 Å². The summed E-state index contributed by atoms with van der Waals surface area (Å²) in [7, 11) is -3.65. The summed E-state index contributed by atoms with van der Waals surface area (Å²) >= 11 is 6.15. The second-order valence-corrected chi connectivity index (χ2v) is 9.96. The van der Waals surface area contributed by atoms with Crippen molar-refractivity contribution in [2.45, 2.75) is 43.8 Å². The van der Waals surface area contributed by atoms with E-state index >= 15 is 0 Å². The molecule has 1 fully saturated rings. The summed E-state index contributed by atoms with van der Waals surface area (Å²) in [5, 5.41) is 0.490. The molecule has 2 heterocycles. The van der Waals surface area contributed by atoms with Crippen LogP contribution < -0.4 is 4.74 Å². The fourth-order valence-electron chi connectivity index (χ4n) is 3.81. The monoisotopic (exact) mass is 465 g/mol. The van der Waals surface area contributed by atoms with Crippen molar-refractivity contribution in [3.8, 4) is 5.75 Å². The van der Waals surface area contributed by atoms with Crippen molar-refractivity contribution in [2.24, 2.45) is 0 Å². The van der Waals surface area contributed by atoms with Crippen molar-refractivity contribution in [2.75, 3.05) is 19.9 Å². The quantitative estimate of drug-likeness (QED) is 0.617. The van der Waals surface area contributed by atoms with E-state index in [1.807, 2.05) is 0 Å². The molecule has 0 atom stereocenters. The van der Waals surface area contributed by atoms with Gasteiger partial charge in [0.1, 0.15) is 12.4 Å². The van der Waals surface area contributed by atoms with Gasteiger partial charge in [-0.3, -0.25) is 0 Å². The van der Waals surface area contributed by atoms with Gasteiger partial charge in [0.05, 0.1) is 17.1 Å². The molecule has 1 saturated heterocycles. The molecule has 0 aliphatic carbocycles. The van der Waals surface area contributed by atoms with Crippen LogP contribution in [-0.4, -0.2) is 38.6 Å². The molecule has 2 aromatic rings. The van der Waals surface area contributed by atoms with Crippen LogP contribution in [-0.2, 0) is 32.7 Å². The normalized spacial score (nSPS) is 17.3. The molecule has 0 aromatic heterocycles. The number of fused-ring (bicyclic) bond motifs is 1. The largest absolute Gasteiger partial charge is 0.467 e. The zero-order valence-corrected chi connectivity index (χ0v) is 18.6. The number of rotatable bonds is 5. The Labute approximate surface area is 186 Å². The molecule has 7 nitrogen and oxygen atoms in total. The third-order valence-corrected chi connectivity index (χ3v) is 7.50. The summed E-state index contributed by atoms with van der Waals surface area (Å²) < 4.78 is 43.8. The van der Waals surface area contributed by atoms with E-state index in [9.17, 15) is 13.2 Å². The number of benzene rings is 2. The molecular formula is C22H24ClNO6S. The Kier molecular flexibility index (Phi) is 6.81. The van der Waals surface area contributed by atoms with Gasteiger partial charge in [-0.1, -0.05) is 30.5 Å². The van der Waals surface area contributed by atoms with Gasteiger partial charge < -0.3 is 14.2 Å². The Morgan fingerprint density at radius 1 is 1.10 bits per heavy atom. The van der Waals surface area contributed by atoms with Crippen LogP contribution in [0.25, 0.3) is 0 Å². The van der Waals surface area contributed by atoms with Crippen LogP contribution in [0.2, 0.25) is 5.02 Å². The van der Waals surface area contributed by atoms with Crippen molar-refractivity contribution in [3.05, 3.63) is 58.1 Å². The van der Waals surface area contributed by atoms with Crippen LogP contribution in [0.1, 0.15) is 47.2 Å². The predicted octanol–water partition coefficient (Wildman–Crippen LogP) is 4.13. The lowest BCUT2D eigenvalue weighted by molar-refractivity contribution is -0.0180. The average molecular weight is 466 g/mol. The van der Waals surface area contributed by atoms with E-state index in [4.69, 9.17) is 25.8 Å². The first-order valence-corrected chi connectivity index (χ1v) is 12.1. The van der Waals surface area contributed by atoms with Crippen molar-refractivity contribution < 1.29 is 27.4 Å². The highest BCUT2D eigenvalue weighted by atomic mass is 35.5. The zero-order valence-electron chi connectivity index (χ0n) is 17.0. The number of carbonyl (C=O) groups is 1. The summed E-state index contributed by atoms with van der Waals surface area (Å²) in [6, 6.07) is 9.42. The van der Waals surface area contributed by atoms with Gasteiger partial charge in [-0.25, -0.2) is 13.2 Å². The topological polar surface area (TPSA) is 82.1 Å². The maximum Gasteiger partial charge on any atom is 0.338 e. The Morgan fingerprint density at radius 3 is 2.65 bits per heavy atom. The molecule has 9 heteroatoms. The van der Waals surface area contributed by atoms with Crippen molar-refractivity contribution >= 4 is 27.6 Å². The van der Waals surface area contributed by atoms with Crippen molar-refractivity contribution in [1.29, 1.82) is 0 Å². The zero-order chi connectivity index (χ0) is 21.8. The molecule has 2 aliphatic rings. The minimum Gasteiger partial charge on any atom is -0.467 e. The third kappa shape index (κ3) is 5.03. The first-order valence-electron chi connectivity index (χ1n) is 10.2. The Balaban J connectivity index is 1.50. The van der Waals surface area contributed by atoms with Gasteiger partial charge in [0.15, 0.2) is 6.79 Å². The number of carbonyl (C=O) groups excluding carboxylic acids is 1. The third-order valence-electron chi connectivity index (χ3n) is 5.38. The average Bonchev–Trinajstić information content (AvgIpc) is 3.07. The summed E-state index contributed by atoms with van der Waals surface area (Å²) in [5.74, 6) is -0.0188. The van der Waals surface area contributed by atoms with Crippen LogP contribution >= 0.6 is 11.6 Å². The van der Waals surface area contributed by atoms with Crippen LogP contribution in [0.4, 0.5) is 0 Å². The molecule has 0 N–H and O–H groups in total. The van der Waals surface area contributed by atoms with Crippen LogP contribution in [0, 0.1) is 0 Å². The van der Waals surface area contributed by atoms with Gasteiger partial charge >= 0.3 is 5.97 Å². The summed E-state index contributed by atoms with van der Waals surface area (Å²) in [6.45, 7) is 1.44. The molecule has 2 aromatic carbocycles. The van der Waals surface area contributed by atoms with Gasteiger partial charge in [0, 0.05) is 29.2 Å².